The lowest BCUT2D eigenvalue weighted by molar-refractivity contribution is -0.0381. The van der Waals surface area contributed by atoms with E-state index in [1.165, 1.54) is 28.8 Å². The maximum Gasteiger partial charge on any atom is 0.133 e. The summed E-state index contributed by atoms with van der Waals surface area (Å²) in [7, 11) is 1.70. The number of aryl methyl sites for hydroxylation is 1. The Balaban J connectivity index is 1.76. The SMILES string of the molecule is COc1ccc([C@@H]2Nc3ccc(C)cc3[C@H]3OCCC[C@H]32)cc1Br. The third kappa shape index (κ3) is 2.72. The van der Waals surface area contributed by atoms with Crippen molar-refractivity contribution in [2.75, 3.05) is 19.0 Å². The first kappa shape index (κ1) is 16.0. The second-order valence-corrected chi connectivity index (χ2v) is 7.56. The Morgan fingerprint density at radius 1 is 1.21 bits per heavy atom. The summed E-state index contributed by atoms with van der Waals surface area (Å²) in [6.07, 6.45) is 2.48. The van der Waals surface area contributed by atoms with Crippen LogP contribution in [0.25, 0.3) is 0 Å². The molecule has 1 fully saturated rings. The molecule has 3 atom stereocenters. The molecule has 2 aliphatic heterocycles. The highest BCUT2D eigenvalue weighted by molar-refractivity contribution is 9.10. The predicted octanol–water partition coefficient (Wildman–Crippen LogP) is 5.40. The summed E-state index contributed by atoms with van der Waals surface area (Å²) < 4.78 is 12.6. The summed E-state index contributed by atoms with van der Waals surface area (Å²) in [6, 6.07) is 13.2. The summed E-state index contributed by atoms with van der Waals surface area (Å²) in [6.45, 7) is 3.00. The fourth-order valence-electron chi connectivity index (χ4n) is 4.00. The van der Waals surface area contributed by atoms with Gasteiger partial charge in [-0.3, -0.25) is 0 Å². The molecule has 2 aliphatic rings. The number of ether oxygens (including phenoxy) is 2. The smallest absolute Gasteiger partial charge is 0.133 e. The van der Waals surface area contributed by atoms with Gasteiger partial charge in [0.05, 0.1) is 23.7 Å². The van der Waals surface area contributed by atoms with Crippen molar-refractivity contribution >= 4 is 21.6 Å². The van der Waals surface area contributed by atoms with Crippen LogP contribution < -0.4 is 10.1 Å². The maximum absolute atomic E-state index is 6.21. The molecule has 2 aromatic carbocycles. The standard InChI is InChI=1S/C20H22BrNO2/c1-12-5-7-17-15(10-12)20-14(4-3-9-24-20)19(22-17)13-6-8-18(23-2)16(21)11-13/h5-8,10-11,14,19-20,22H,3-4,9H2,1-2H3/t14-,19-,20-/m0/s1. The first-order valence-corrected chi connectivity index (χ1v) is 9.29. The van der Waals surface area contributed by atoms with Gasteiger partial charge in [-0.1, -0.05) is 23.8 Å². The van der Waals surface area contributed by atoms with Gasteiger partial charge in [0.25, 0.3) is 0 Å². The van der Waals surface area contributed by atoms with Gasteiger partial charge in [0, 0.05) is 23.8 Å². The Labute approximate surface area is 151 Å². The molecule has 24 heavy (non-hydrogen) atoms. The van der Waals surface area contributed by atoms with Gasteiger partial charge in [-0.25, -0.2) is 0 Å². The minimum atomic E-state index is 0.181. The molecule has 2 heterocycles. The van der Waals surface area contributed by atoms with Crippen molar-refractivity contribution in [1.29, 1.82) is 0 Å². The van der Waals surface area contributed by atoms with Crippen LogP contribution in [0.3, 0.4) is 0 Å². The number of rotatable bonds is 2. The predicted molar refractivity (Wildman–Crippen MR) is 99.7 cm³/mol. The summed E-state index contributed by atoms with van der Waals surface area (Å²) in [5.41, 5.74) is 5.06. The second-order valence-electron chi connectivity index (χ2n) is 6.70. The van der Waals surface area contributed by atoms with E-state index in [1.54, 1.807) is 7.11 Å². The highest BCUT2D eigenvalue weighted by Crippen LogP contribution is 2.49. The quantitative estimate of drug-likeness (QED) is 0.747. The van der Waals surface area contributed by atoms with Crippen molar-refractivity contribution < 1.29 is 9.47 Å². The van der Waals surface area contributed by atoms with Crippen LogP contribution in [0.1, 0.15) is 41.7 Å². The van der Waals surface area contributed by atoms with Crippen LogP contribution in [0.4, 0.5) is 5.69 Å². The third-order valence-corrected chi connectivity index (χ3v) is 5.78. The largest absolute Gasteiger partial charge is 0.496 e. The van der Waals surface area contributed by atoms with E-state index in [0.717, 1.165) is 23.2 Å². The molecular weight excluding hydrogens is 366 g/mol. The molecule has 0 bridgehead atoms. The Hall–Kier alpha value is -1.52. The number of nitrogens with one attached hydrogen (secondary N) is 1. The molecule has 1 saturated heterocycles. The highest BCUT2D eigenvalue weighted by Gasteiger charge is 2.39. The molecule has 0 aromatic heterocycles. The first-order chi connectivity index (χ1) is 11.7. The van der Waals surface area contributed by atoms with Gasteiger partial charge in [0.1, 0.15) is 5.75 Å². The van der Waals surface area contributed by atoms with E-state index in [9.17, 15) is 0 Å². The Morgan fingerprint density at radius 2 is 2.08 bits per heavy atom. The minimum absolute atomic E-state index is 0.181. The van der Waals surface area contributed by atoms with Crippen LogP contribution in [0, 0.1) is 12.8 Å². The average molecular weight is 388 g/mol. The topological polar surface area (TPSA) is 30.5 Å². The zero-order valence-corrected chi connectivity index (χ0v) is 15.6. The monoisotopic (exact) mass is 387 g/mol. The molecule has 2 aromatic rings. The van der Waals surface area contributed by atoms with E-state index >= 15 is 0 Å². The molecule has 126 valence electrons. The minimum Gasteiger partial charge on any atom is -0.496 e. The van der Waals surface area contributed by atoms with Gasteiger partial charge in [-0.2, -0.15) is 0 Å². The van der Waals surface area contributed by atoms with Crippen LogP contribution >= 0.6 is 15.9 Å². The lowest BCUT2D eigenvalue weighted by Gasteiger charge is -2.43. The summed E-state index contributed by atoms with van der Waals surface area (Å²) in [5.74, 6) is 1.32. The van der Waals surface area contributed by atoms with Crippen molar-refractivity contribution in [2.24, 2.45) is 5.92 Å². The average Bonchev–Trinajstić information content (AvgIpc) is 2.61. The normalized spacial score (nSPS) is 25.4. The number of hydrogen-bond donors (Lipinski definition) is 1. The van der Waals surface area contributed by atoms with Gasteiger partial charge in [-0.05, 0) is 59.5 Å². The van der Waals surface area contributed by atoms with Gasteiger partial charge in [0.2, 0.25) is 0 Å². The molecule has 4 rings (SSSR count). The molecular formula is C20H22BrNO2. The van der Waals surface area contributed by atoms with E-state index < -0.39 is 0 Å². The molecule has 0 unspecified atom stereocenters. The van der Waals surface area contributed by atoms with E-state index in [2.05, 4.69) is 58.5 Å². The van der Waals surface area contributed by atoms with Crippen molar-refractivity contribution in [2.45, 2.75) is 31.9 Å². The van der Waals surface area contributed by atoms with Crippen LogP contribution in [-0.2, 0) is 4.74 Å². The van der Waals surface area contributed by atoms with Crippen molar-refractivity contribution in [3.63, 3.8) is 0 Å². The second kappa shape index (κ2) is 6.41. The number of hydrogen-bond acceptors (Lipinski definition) is 3. The van der Waals surface area contributed by atoms with Gasteiger partial charge in [0.15, 0.2) is 0 Å². The van der Waals surface area contributed by atoms with Crippen molar-refractivity contribution in [3.8, 4) is 5.75 Å². The Kier molecular flexibility index (Phi) is 4.27. The summed E-state index contributed by atoms with van der Waals surface area (Å²) >= 11 is 3.62. The first-order valence-electron chi connectivity index (χ1n) is 8.49. The molecule has 4 heteroatoms. The lowest BCUT2D eigenvalue weighted by Crippen LogP contribution is -2.36. The molecule has 0 aliphatic carbocycles. The van der Waals surface area contributed by atoms with Crippen molar-refractivity contribution in [1.82, 2.24) is 0 Å². The molecule has 0 saturated carbocycles. The van der Waals surface area contributed by atoms with Gasteiger partial charge < -0.3 is 14.8 Å². The van der Waals surface area contributed by atoms with Crippen LogP contribution in [0.2, 0.25) is 0 Å². The fourth-order valence-corrected chi connectivity index (χ4v) is 4.55. The zero-order chi connectivity index (χ0) is 16.7. The Bertz CT molecular complexity index is 761. The zero-order valence-electron chi connectivity index (χ0n) is 14.0. The molecule has 0 amide bonds. The number of anilines is 1. The number of fused-ring (bicyclic) bond motifs is 3. The van der Waals surface area contributed by atoms with E-state index in [1.807, 2.05) is 6.07 Å². The number of benzene rings is 2. The van der Waals surface area contributed by atoms with Crippen LogP contribution in [-0.4, -0.2) is 13.7 Å². The molecule has 0 spiro atoms. The van der Waals surface area contributed by atoms with Gasteiger partial charge in [-0.15, -0.1) is 0 Å². The Morgan fingerprint density at radius 3 is 2.88 bits per heavy atom. The van der Waals surface area contributed by atoms with E-state index in [0.29, 0.717) is 5.92 Å². The fraction of sp³-hybridized carbons (Fsp3) is 0.400. The molecule has 0 radical (unpaired) electrons. The summed E-state index contributed by atoms with van der Waals surface area (Å²) in [4.78, 5) is 0. The number of halogens is 1. The number of methoxy groups -OCH3 is 1. The lowest BCUT2D eigenvalue weighted by atomic mass is 9.77. The van der Waals surface area contributed by atoms with Crippen molar-refractivity contribution in [3.05, 3.63) is 57.6 Å². The third-order valence-electron chi connectivity index (χ3n) is 5.16. The van der Waals surface area contributed by atoms with E-state index in [4.69, 9.17) is 9.47 Å². The summed E-state index contributed by atoms with van der Waals surface area (Å²) in [5, 5.41) is 3.76. The highest BCUT2D eigenvalue weighted by atomic mass is 79.9. The van der Waals surface area contributed by atoms with Crippen LogP contribution in [0.15, 0.2) is 40.9 Å². The van der Waals surface area contributed by atoms with Crippen LogP contribution in [0.5, 0.6) is 5.75 Å². The van der Waals surface area contributed by atoms with Gasteiger partial charge >= 0.3 is 0 Å². The molecule has 1 N–H and O–H groups in total. The molecule has 3 nitrogen and oxygen atoms in total. The van der Waals surface area contributed by atoms with E-state index in [-0.39, 0.29) is 12.1 Å². The maximum atomic E-state index is 6.21.